The minimum atomic E-state index is -1.35. The summed E-state index contributed by atoms with van der Waals surface area (Å²) in [7, 11) is 0. The number of carbonyl (C=O) groups excluding carboxylic acids is 1. The van der Waals surface area contributed by atoms with Crippen LogP contribution in [0.15, 0.2) is 0 Å². The predicted octanol–water partition coefficient (Wildman–Crippen LogP) is -2.81. The maximum atomic E-state index is 11.1. The number of aliphatic hydroxyl groups is 3. The van der Waals surface area contributed by atoms with Gasteiger partial charge in [-0.2, -0.15) is 0 Å². The highest BCUT2D eigenvalue weighted by Gasteiger charge is 2.52. The molecule has 0 saturated carbocycles. The monoisotopic (exact) mass is 204 g/mol. The molecule has 7 heteroatoms. The molecule has 5 N–H and O–H groups in total. The quantitative estimate of drug-likeness (QED) is 0.338. The van der Waals surface area contributed by atoms with Crippen molar-refractivity contribution in [3.8, 4) is 0 Å². The van der Waals surface area contributed by atoms with E-state index in [4.69, 9.17) is 5.73 Å². The highest BCUT2D eigenvalue weighted by Crippen LogP contribution is 2.27. The summed E-state index contributed by atoms with van der Waals surface area (Å²) in [5.41, 5.74) is 5.51. The van der Waals surface area contributed by atoms with Gasteiger partial charge in [0.25, 0.3) is 0 Å². The smallest absolute Gasteiger partial charge is 0.411 e. The Morgan fingerprint density at radius 3 is 2.57 bits per heavy atom. The molecule has 2 aliphatic rings. The van der Waals surface area contributed by atoms with E-state index in [-0.39, 0.29) is 6.61 Å². The number of aliphatic hydroxyl groups excluding tert-OH is 3. The Bertz CT molecular complexity index is 260. The number of fused-ring (bicyclic) bond motifs is 1. The van der Waals surface area contributed by atoms with Gasteiger partial charge in [-0.15, -0.1) is 0 Å². The van der Waals surface area contributed by atoms with E-state index in [9.17, 15) is 20.1 Å². The number of hydrogen-bond donors (Lipinski definition) is 4. The van der Waals surface area contributed by atoms with Gasteiger partial charge in [0.05, 0.1) is 6.04 Å². The molecular weight excluding hydrogens is 192 g/mol. The van der Waals surface area contributed by atoms with Crippen LogP contribution in [0, 0.1) is 0 Å². The molecule has 0 radical (unpaired) electrons. The number of nitrogens with two attached hydrogens (primary N) is 1. The van der Waals surface area contributed by atoms with Crippen LogP contribution < -0.4 is 5.73 Å². The van der Waals surface area contributed by atoms with Gasteiger partial charge >= 0.3 is 6.09 Å². The van der Waals surface area contributed by atoms with Gasteiger partial charge in [0.1, 0.15) is 31.1 Å². The highest BCUT2D eigenvalue weighted by atomic mass is 16.6. The van der Waals surface area contributed by atoms with Crippen LogP contribution in [0.4, 0.5) is 4.79 Å². The molecule has 0 aromatic carbocycles. The van der Waals surface area contributed by atoms with Crippen LogP contribution in [0.1, 0.15) is 0 Å². The first-order valence-corrected chi connectivity index (χ1v) is 4.29. The Morgan fingerprint density at radius 2 is 1.93 bits per heavy atom. The van der Waals surface area contributed by atoms with E-state index in [2.05, 4.69) is 4.74 Å². The first-order valence-electron chi connectivity index (χ1n) is 4.29. The molecule has 2 aliphatic heterocycles. The maximum Gasteiger partial charge on any atom is 0.411 e. The molecule has 5 atom stereocenters. The lowest BCUT2D eigenvalue weighted by Gasteiger charge is -2.42. The second-order valence-electron chi connectivity index (χ2n) is 3.51. The Kier molecular flexibility index (Phi) is 2.11. The summed E-state index contributed by atoms with van der Waals surface area (Å²) in [5.74, 6) is 0. The standard InChI is InChI=1S/C7H12N2O5/c8-6-5(12)4(11)3(10)2-1-14-7(13)9(2)6/h2-6,10-12H,1,8H2/t2-,3-,4+,5-,6+/m1/s1. The molecule has 7 nitrogen and oxygen atoms in total. The Hall–Kier alpha value is -0.890. The van der Waals surface area contributed by atoms with E-state index in [1.54, 1.807) is 0 Å². The highest BCUT2D eigenvalue weighted by molar-refractivity contribution is 5.71. The van der Waals surface area contributed by atoms with Crippen LogP contribution in [0.25, 0.3) is 0 Å². The molecule has 0 unspecified atom stereocenters. The summed E-state index contributed by atoms with van der Waals surface area (Å²) in [6, 6.07) is -0.670. The maximum absolute atomic E-state index is 11.1. The molecule has 0 spiro atoms. The molecule has 2 heterocycles. The zero-order valence-electron chi connectivity index (χ0n) is 7.28. The van der Waals surface area contributed by atoms with Gasteiger partial charge in [-0.05, 0) is 0 Å². The van der Waals surface area contributed by atoms with Crippen LogP contribution in [0.3, 0.4) is 0 Å². The first-order chi connectivity index (χ1) is 6.54. The topological polar surface area (TPSA) is 116 Å². The Labute approximate surface area is 79.7 Å². The number of piperidine rings is 1. The average Bonchev–Trinajstić information content (AvgIpc) is 2.54. The van der Waals surface area contributed by atoms with Gasteiger partial charge in [-0.25, -0.2) is 4.79 Å². The fourth-order valence-corrected chi connectivity index (χ4v) is 1.85. The van der Waals surface area contributed by atoms with Crippen molar-refractivity contribution in [2.75, 3.05) is 6.61 Å². The summed E-state index contributed by atoms with van der Waals surface area (Å²) >= 11 is 0. The second-order valence-corrected chi connectivity index (χ2v) is 3.51. The minimum Gasteiger partial charge on any atom is -0.447 e. The molecule has 0 aromatic heterocycles. The van der Waals surface area contributed by atoms with E-state index < -0.39 is 36.6 Å². The van der Waals surface area contributed by atoms with Gasteiger partial charge < -0.3 is 25.8 Å². The van der Waals surface area contributed by atoms with E-state index in [0.717, 1.165) is 4.90 Å². The summed E-state index contributed by atoms with van der Waals surface area (Å²) in [6.07, 6.45) is -5.63. The Morgan fingerprint density at radius 1 is 1.29 bits per heavy atom. The zero-order chi connectivity index (χ0) is 10.5. The summed E-state index contributed by atoms with van der Waals surface area (Å²) in [5, 5.41) is 28.3. The number of cyclic esters (lactones) is 1. The third kappa shape index (κ3) is 1.10. The van der Waals surface area contributed by atoms with Crippen LogP contribution in [0.5, 0.6) is 0 Å². The van der Waals surface area contributed by atoms with Crippen molar-refractivity contribution in [3.63, 3.8) is 0 Å². The largest absolute Gasteiger partial charge is 0.447 e. The molecular formula is C7H12N2O5. The fraction of sp³-hybridized carbons (Fsp3) is 0.857. The van der Waals surface area contributed by atoms with Gasteiger partial charge in [-0.1, -0.05) is 0 Å². The van der Waals surface area contributed by atoms with Gasteiger partial charge in [0.15, 0.2) is 0 Å². The Balaban J connectivity index is 2.27. The lowest BCUT2D eigenvalue weighted by atomic mass is 9.93. The molecule has 0 aromatic rings. The minimum absolute atomic E-state index is 0.0164. The third-order valence-corrected chi connectivity index (χ3v) is 2.71. The SMILES string of the molecule is N[C@@H]1[C@H](O)[C@@H](O)[C@H](O)[C@H]2COC(=O)N12. The number of rotatable bonds is 0. The number of amides is 1. The number of nitrogens with zero attached hydrogens (tertiary/aromatic N) is 1. The van der Waals surface area contributed by atoms with Crippen molar-refractivity contribution >= 4 is 6.09 Å². The van der Waals surface area contributed by atoms with Crippen LogP contribution >= 0.6 is 0 Å². The zero-order valence-corrected chi connectivity index (χ0v) is 7.28. The summed E-state index contributed by atoms with van der Waals surface area (Å²) in [6.45, 7) is -0.0164. The van der Waals surface area contributed by atoms with Crippen LogP contribution in [0.2, 0.25) is 0 Å². The van der Waals surface area contributed by atoms with E-state index in [0.29, 0.717) is 0 Å². The summed E-state index contributed by atoms with van der Waals surface area (Å²) in [4.78, 5) is 12.2. The lowest BCUT2D eigenvalue weighted by Crippen LogP contribution is -2.68. The first kappa shape index (κ1) is 9.66. The predicted molar refractivity (Wildman–Crippen MR) is 43.0 cm³/mol. The molecule has 0 aliphatic carbocycles. The fourth-order valence-electron chi connectivity index (χ4n) is 1.85. The van der Waals surface area contributed by atoms with E-state index in [1.807, 2.05) is 0 Å². The van der Waals surface area contributed by atoms with Gasteiger partial charge in [0.2, 0.25) is 0 Å². The number of hydrogen-bond acceptors (Lipinski definition) is 6. The van der Waals surface area contributed by atoms with Crippen molar-refractivity contribution in [3.05, 3.63) is 0 Å². The van der Waals surface area contributed by atoms with Crippen molar-refractivity contribution in [2.45, 2.75) is 30.5 Å². The second kappa shape index (κ2) is 3.06. The normalized spacial score (nSPS) is 47.6. The van der Waals surface area contributed by atoms with Crippen LogP contribution in [-0.2, 0) is 4.74 Å². The number of carbonyl (C=O) groups is 1. The molecule has 2 saturated heterocycles. The van der Waals surface area contributed by atoms with Crippen molar-refractivity contribution in [1.82, 2.24) is 4.90 Å². The lowest BCUT2D eigenvalue weighted by molar-refractivity contribution is -0.140. The molecule has 1 amide bonds. The average molecular weight is 204 g/mol. The van der Waals surface area contributed by atoms with Gasteiger partial charge in [0, 0.05) is 0 Å². The van der Waals surface area contributed by atoms with Crippen molar-refractivity contribution < 1.29 is 24.9 Å². The van der Waals surface area contributed by atoms with Gasteiger partial charge in [-0.3, -0.25) is 4.90 Å². The summed E-state index contributed by atoms with van der Waals surface area (Å²) < 4.78 is 4.66. The van der Waals surface area contributed by atoms with Crippen molar-refractivity contribution in [1.29, 1.82) is 0 Å². The van der Waals surface area contributed by atoms with E-state index >= 15 is 0 Å². The van der Waals surface area contributed by atoms with E-state index in [1.165, 1.54) is 0 Å². The third-order valence-electron chi connectivity index (χ3n) is 2.71. The van der Waals surface area contributed by atoms with Crippen molar-refractivity contribution in [2.24, 2.45) is 5.73 Å². The molecule has 14 heavy (non-hydrogen) atoms. The molecule has 2 fully saturated rings. The molecule has 2 rings (SSSR count). The molecule has 80 valence electrons. The van der Waals surface area contributed by atoms with Crippen LogP contribution in [-0.4, -0.2) is 63.4 Å². The number of ether oxygens (including phenoxy) is 1. The molecule has 0 bridgehead atoms.